The highest BCUT2D eigenvalue weighted by molar-refractivity contribution is 5.89. The second-order valence-electron chi connectivity index (χ2n) is 5.46. The number of hydrogen-bond acceptors (Lipinski definition) is 3. The maximum Gasteiger partial charge on any atom is 0.321 e. The zero-order chi connectivity index (χ0) is 15.8. The van der Waals surface area contributed by atoms with Gasteiger partial charge in [0, 0.05) is 25.3 Å². The quantitative estimate of drug-likeness (QED) is 0.724. The number of benzene rings is 1. The van der Waals surface area contributed by atoms with Crippen molar-refractivity contribution in [3.05, 3.63) is 29.8 Å². The normalized spacial score (nSPS) is 13.6. The van der Waals surface area contributed by atoms with Gasteiger partial charge in [-0.3, -0.25) is 0 Å². The molecule has 1 aromatic carbocycles. The van der Waals surface area contributed by atoms with E-state index in [1.54, 1.807) is 14.0 Å². The predicted octanol–water partition coefficient (Wildman–Crippen LogP) is 2.59. The molecular formula is C16H27N3O2. The molecule has 5 nitrogen and oxygen atoms in total. The van der Waals surface area contributed by atoms with Crippen LogP contribution in [0.25, 0.3) is 0 Å². The minimum Gasteiger partial charge on any atom is -0.392 e. The fourth-order valence-corrected chi connectivity index (χ4v) is 2.06. The standard InChI is InChI=1S/C16H27N3O2/c1-5-9-17-13(3)14-7-6-8-15(10-14)18-16(21)19(4)11-12(2)20/h6-8,10,12-13,17,20H,5,9,11H2,1-4H3,(H,18,21). The van der Waals surface area contributed by atoms with Gasteiger partial charge >= 0.3 is 6.03 Å². The van der Waals surface area contributed by atoms with Gasteiger partial charge in [-0.1, -0.05) is 19.1 Å². The van der Waals surface area contributed by atoms with E-state index in [0.29, 0.717) is 6.54 Å². The fraction of sp³-hybridized carbons (Fsp3) is 0.562. The molecule has 0 saturated heterocycles. The Morgan fingerprint density at radius 2 is 2.10 bits per heavy atom. The number of nitrogens with one attached hydrogen (secondary N) is 2. The van der Waals surface area contributed by atoms with Crippen molar-refractivity contribution in [1.82, 2.24) is 10.2 Å². The van der Waals surface area contributed by atoms with Gasteiger partial charge in [-0.2, -0.15) is 0 Å². The summed E-state index contributed by atoms with van der Waals surface area (Å²) in [5, 5.41) is 15.6. The second-order valence-corrected chi connectivity index (χ2v) is 5.46. The van der Waals surface area contributed by atoms with Crippen molar-refractivity contribution in [2.24, 2.45) is 0 Å². The van der Waals surface area contributed by atoms with Gasteiger partial charge in [-0.15, -0.1) is 0 Å². The number of anilines is 1. The van der Waals surface area contributed by atoms with Gasteiger partial charge in [0.05, 0.1) is 6.10 Å². The lowest BCUT2D eigenvalue weighted by atomic mass is 10.1. The Hall–Kier alpha value is -1.59. The lowest BCUT2D eigenvalue weighted by molar-refractivity contribution is 0.149. The molecule has 0 aliphatic heterocycles. The Morgan fingerprint density at radius 3 is 2.71 bits per heavy atom. The van der Waals surface area contributed by atoms with Crippen LogP contribution in [0, 0.1) is 0 Å². The van der Waals surface area contributed by atoms with Crippen LogP contribution in [0.4, 0.5) is 10.5 Å². The summed E-state index contributed by atoms with van der Waals surface area (Å²) >= 11 is 0. The van der Waals surface area contributed by atoms with E-state index in [1.807, 2.05) is 24.3 Å². The van der Waals surface area contributed by atoms with Crippen LogP contribution in [-0.4, -0.2) is 42.3 Å². The molecule has 2 amide bonds. The molecule has 3 N–H and O–H groups in total. The molecule has 2 unspecified atom stereocenters. The van der Waals surface area contributed by atoms with Crippen molar-refractivity contribution in [3.8, 4) is 0 Å². The second kappa shape index (κ2) is 8.64. The number of carbonyl (C=O) groups excluding carboxylic acids is 1. The van der Waals surface area contributed by atoms with Crippen LogP contribution in [0.2, 0.25) is 0 Å². The molecule has 0 aliphatic carbocycles. The highest BCUT2D eigenvalue weighted by atomic mass is 16.3. The number of aliphatic hydroxyl groups excluding tert-OH is 1. The molecule has 0 spiro atoms. The molecule has 1 aromatic rings. The molecule has 0 saturated carbocycles. The van der Waals surface area contributed by atoms with Crippen molar-refractivity contribution in [3.63, 3.8) is 0 Å². The first kappa shape index (κ1) is 17.5. The molecule has 0 radical (unpaired) electrons. The van der Waals surface area contributed by atoms with Crippen LogP contribution >= 0.6 is 0 Å². The first-order chi connectivity index (χ1) is 9.93. The molecule has 0 aromatic heterocycles. The SMILES string of the molecule is CCCNC(C)c1cccc(NC(=O)N(C)CC(C)O)c1. The summed E-state index contributed by atoms with van der Waals surface area (Å²) in [6, 6.07) is 7.84. The van der Waals surface area contributed by atoms with E-state index < -0.39 is 6.10 Å². The highest BCUT2D eigenvalue weighted by Gasteiger charge is 2.12. The van der Waals surface area contributed by atoms with E-state index in [9.17, 15) is 9.90 Å². The Bertz CT molecular complexity index is 449. The monoisotopic (exact) mass is 293 g/mol. The highest BCUT2D eigenvalue weighted by Crippen LogP contribution is 2.17. The molecule has 118 valence electrons. The van der Waals surface area contributed by atoms with Gasteiger partial charge in [0.1, 0.15) is 0 Å². The van der Waals surface area contributed by atoms with Crippen molar-refractivity contribution in [2.45, 2.75) is 39.3 Å². The molecule has 21 heavy (non-hydrogen) atoms. The topological polar surface area (TPSA) is 64.6 Å². The molecule has 2 atom stereocenters. The van der Waals surface area contributed by atoms with Crippen LogP contribution in [-0.2, 0) is 0 Å². The van der Waals surface area contributed by atoms with E-state index in [1.165, 1.54) is 4.90 Å². The van der Waals surface area contributed by atoms with Crippen molar-refractivity contribution < 1.29 is 9.90 Å². The van der Waals surface area contributed by atoms with Gasteiger partial charge < -0.3 is 20.6 Å². The molecule has 0 aliphatic rings. The number of urea groups is 1. The average molecular weight is 293 g/mol. The number of nitrogens with zero attached hydrogens (tertiary/aromatic N) is 1. The summed E-state index contributed by atoms with van der Waals surface area (Å²) in [5.74, 6) is 0. The van der Waals surface area contributed by atoms with Gasteiger partial charge in [0.25, 0.3) is 0 Å². The third kappa shape index (κ3) is 6.14. The third-order valence-electron chi connectivity index (χ3n) is 3.22. The van der Waals surface area contributed by atoms with Crippen LogP contribution < -0.4 is 10.6 Å². The number of hydrogen-bond donors (Lipinski definition) is 3. The zero-order valence-electron chi connectivity index (χ0n) is 13.4. The average Bonchev–Trinajstić information content (AvgIpc) is 2.44. The van der Waals surface area contributed by atoms with E-state index in [-0.39, 0.29) is 12.1 Å². The first-order valence-electron chi connectivity index (χ1n) is 7.47. The summed E-state index contributed by atoms with van der Waals surface area (Å²) < 4.78 is 0. The number of aliphatic hydroxyl groups is 1. The van der Waals surface area contributed by atoms with E-state index >= 15 is 0 Å². The van der Waals surface area contributed by atoms with E-state index in [2.05, 4.69) is 24.5 Å². The summed E-state index contributed by atoms with van der Waals surface area (Å²) in [6.45, 7) is 7.17. The lowest BCUT2D eigenvalue weighted by Gasteiger charge is -2.20. The van der Waals surface area contributed by atoms with E-state index in [4.69, 9.17) is 0 Å². The molecule has 5 heteroatoms. The van der Waals surface area contributed by atoms with Crippen LogP contribution in [0.15, 0.2) is 24.3 Å². The third-order valence-corrected chi connectivity index (χ3v) is 3.22. The Labute approximate surface area is 127 Å². The van der Waals surface area contributed by atoms with Crippen molar-refractivity contribution in [1.29, 1.82) is 0 Å². The summed E-state index contributed by atoms with van der Waals surface area (Å²) in [6.07, 6.45) is 0.551. The van der Waals surface area contributed by atoms with E-state index in [0.717, 1.165) is 24.2 Å². The number of rotatable bonds is 7. The number of likely N-dealkylation sites (N-methyl/N-ethyl adjacent to an activating group) is 1. The Kier molecular flexibility index (Phi) is 7.19. The maximum absolute atomic E-state index is 12.0. The molecule has 0 fully saturated rings. The smallest absolute Gasteiger partial charge is 0.321 e. The molecular weight excluding hydrogens is 266 g/mol. The van der Waals surface area contributed by atoms with Gasteiger partial charge in [0.15, 0.2) is 0 Å². The fourth-order valence-electron chi connectivity index (χ4n) is 2.06. The molecule has 0 heterocycles. The van der Waals surface area contributed by atoms with Crippen LogP contribution in [0.3, 0.4) is 0 Å². The summed E-state index contributed by atoms with van der Waals surface area (Å²) in [5.41, 5.74) is 1.90. The Balaban J connectivity index is 2.65. The largest absolute Gasteiger partial charge is 0.392 e. The van der Waals surface area contributed by atoms with Gasteiger partial charge in [0.2, 0.25) is 0 Å². The minimum absolute atomic E-state index is 0.220. The summed E-state index contributed by atoms with van der Waals surface area (Å²) in [4.78, 5) is 13.5. The van der Waals surface area contributed by atoms with Crippen LogP contribution in [0.5, 0.6) is 0 Å². The predicted molar refractivity (Wildman–Crippen MR) is 86.5 cm³/mol. The van der Waals surface area contributed by atoms with Crippen molar-refractivity contribution >= 4 is 11.7 Å². The van der Waals surface area contributed by atoms with Crippen molar-refractivity contribution in [2.75, 3.05) is 25.5 Å². The first-order valence-corrected chi connectivity index (χ1v) is 7.47. The molecule has 0 bridgehead atoms. The molecule has 1 rings (SSSR count). The van der Waals surface area contributed by atoms with Gasteiger partial charge in [-0.05, 0) is 44.5 Å². The number of amides is 2. The van der Waals surface area contributed by atoms with Gasteiger partial charge in [-0.25, -0.2) is 4.79 Å². The lowest BCUT2D eigenvalue weighted by Crippen LogP contribution is -2.36. The summed E-state index contributed by atoms with van der Waals surface area (Å²) in [7, 11) is 1.66. The van der Waals surface area contributed by atoms with Crippen LogP contribution in [0.1, 0.15) is 38.8 Å². The maximum atomic E-state index is 12.0. The number of carbonyl (C=O) groups is 1. The minimum atomic E-state index is -0.537. The zero-order valence-corrected chi connectivity index (χ0v) is 13.4. The Morgan fingerprint density at radius 1 is 1.38 bits per heavy atom.